The quantitative estimate of drug-likeness (QED) is 0.779. The van der Waals surface area contributed by atoms with Gasteiger partial charge in [-0.25, -0.2) is 17.5 Å². The standard InChI is InChI=1S/C13H18FNO3S/c1-10-12(14)3-2-4-13(10)19(16,17)15-7-8-18-9-11-5-6-11/h2-4,11,15H,5-9H2,1H3. The first kappa shape index (κ1) is 14.4. The summed E-state index contributed by atoms with van der Waals surface area (Å²) in [6, 6.07) is 4.03. The molecular weight excluding hydrogens is 269 g/mol. The maximum atomic E-state index is 13.3. The van der Waals surface area contributed by atoms with Crippen LogP contribution in [0.15, 0.2) is 23.1 Å². The van der Waals surface area contributed by atoms with E-state index in [9.17, 15) is 12.8 Å². The molecule has 1 aromatic carbocycles. The molecule has 1 N–H and O–H groups in total. The van der Waals surface area contributed by atoms with Crippen molar-refractivity contribution in [3.05, 3.63) is 29.6 Å². The average molecular weight is 287 g/mol. The summed E-state index contributed by atoms with van der Waals surface area (Å²) in [7, 11) is -3.67. The number of sulfonamides is 1. The molecule has 0 saturated heterocycles. The monoisotopic (exact) mass is 287 g/mol. The van der Waals surface area contributed by atoms with Gasteiger partial charge in [-0.2, -0.15) is 0 Å². The number of hydrogen-bond acceptors (Lipinski definition) is 3. The van der Waals surface area contributed by atoms with Crippen LogP contribution < -0.4 is 4.72 Å². The summed E-state index contributed by atoms with van der Waals surface area (Å²) >= 11 is 0. The molecule has 1 aliphatic carbocycles. The molecular formula is C13H18FNO3S. The Morgan fingerprint density at radius 2 is 2.16 bits per heavy atom. The Bertz CT molecular complexity index is 541. The summed E-state index contributed by atoms with van der Waals surface area (Å²) in [6.07, 6.45) is 2.41. The molecule has 1 aliphatic rings. The van der Waals surface area contributed by atoms with Gasteiger partial charge in [0.15, 0.2) is 0 Å². The van der Waals surface area contributed by atoms with Gasteiger partial charge < -0.3 is 4.74 Å². The molecule has 1 fully saturated rings. The number of hydrogen-bond donors (Lipinski definition) is 1. The fourth-order valence-electron chi connectivity index (χ4n) is 1.74. The smallest absolute Gasteiger partial charge is 0.241 e. The topological polar surface area (TPSA) is 55.4 Å². The maximum Gasteiger partial charge on any atom is 0.241 e. The van der Waals surface area contributed by atoms with E-state index >= 15 is 0 Å². The van der Waals surface area contributed by atoms with E-state index in [1.165, 1.54) is 38.0 Å². The van der Waals surface area contributed by atoms with Crippen molar-refractivity contribution in [2.45, 2.75) is 24.7 Å². The lowest BCUT2D eigenvalue weighted by Crippen LogP contribution is -2.28. The van der Waals surface area contributed by atoms with Crippen LogP contribution in [0.1, 0.15) is 18.4 Å². The molecule has 0 atom stereocenters. The van der Waals surface area contributed by atoms with Crippen molar-refractivity contribution >= 4 is 10.0 Å². The van der Waals surface area contributed by atoms with Crippen LogP contribution in [0.25, 0.3) is 0 Å². The van der Waals surface area contributed by atoms with Crippen molar-refractivity contribution in [1.82, 2.24) is 4.72 Å². The summed E-state index contributed by atoms with van der Waals surface area (Å²) in [4.78, 5) is -0.0188. The maximum absolute atomic E-state index is 13.3. The molecule has 0 aromatic heterocycles. The first-order chi connectivity index (χ1) is 9.00. The van der Waals surface area contributed by atoms with Crippen LogP contribution in [-0.2, 0) is 14.8 Å². The van der Waals surface area contributed by atoms with E-state index in [2.05, 4.69) is 4.72 Å². The minimum absolute atomic E-state index is 0.0188. The predicted molar refractivity (Wildman–Crippen MR) is 69.9 cm³/mol. The minimum atomic E-state index is -3.67. The van der Waals surface area contributed by atoms with Gasteiger partial charge in [-0.3, -0.25) is 0 Å². The molecule has 4 nitrogen and oxygen atoms in total. The fourth-order valence-corrected chi connectivity index (χ4v) is 3.01. The lowest BCUT2D eigenvalue weighted by molar-refractivity contribution is 0.129. The van der Waals surface area contributed by atoms with Crippen LogP contribution in [0.4, 0.5) is 4.39 Å². The molecule has 19 heavy (non-hydrogen) atoms. The summed E-state index contributed by atoms with van der Waals surface area (Å²) < 4.78 is 45.1. The number of benzene rings is 1. The Morgan fingerprint density at radius 1 is 1.42 bits per heavy atom. The van der Waals surface area contributed by atoms with Crippen molar-refractivity contribution in [2.75, 3.05) is 19.8 Å². The van der Waals surface area contributed by atoms with Crippen LogP contribution in [0.5, 0.6) is 0 Å². The molecule has 2 rings (SSSR count). The van der Waals surface area contributed by atoms with Gasteiger partial charge in [0.05, 0.1) is 11.5 Å². The van der Waals surface area contributed by atoms with E-state index < -0.39 is 15.8 Å². The Hall–Kier alpha value is -0.980. The second kappa shape index (κ2) is 5.98. The number of rotatable bonds is 7. The van der Waals surface area contributed by atoms with Crippen molar-refractivity contribution < 1.29 is 17.5 Å². The van der Waals surface area contributed by atoms with Crippen molar-refractivity contribution in [3.8, 4) is 0 Å². The average Bonchev–Trinajstić information content (AvgIpc) is 3.16. The highest BCUT2D eigenvalue weighted by Gasteiger charge is 2.21. The second-order valence-electron chi connectivity index (χ2n) is 4.78. The predicted octanol–water partition coefficient (Wildman–Crippen LogP) is 1.84. The summed E-state index contributed by atoms with van der Waals surface area (Å²) in [6.45, 7) is 2.68. The lowest BCUT2D eigenvalue weighted by Gasteiger charge is -2.10. The third-order valence-corrected chi connectivity index (χ3v) is 4.70. The summed E-state index contributed by atoms with van der Waals surface area (Å²) in [5.41, 5.74) is 0.133. The molecule has 0 bridgehead atoms. The molecule has 6 heteroatoms. The first-order valence-electron chi connectivity index (χ1n) is 6.33. The number of nitrogens with one attached hydrogen (secondary N) is 1. The van der Waals surface area contributed by atoms with Crippen LogP contribution in [0.3, 0.4) is 0 Å². The summed E-state index contributed by atoms with van der Waals surface area (Å²) in [5.74, 6) is 0.134. The summed E-state index contributed by atoms with van der Waals surface area (Å²) in [5, 5.41) is 0. The van der Waals surface area contributed by atoms with E-state index in [-0.39, 0.29) is 17.0 Å². The van der Waals surface area contributed by atoms with Crippen LogP contribution >= 0.6 is 0 Å². The third-order valence-electron chi connectivity index (χ3n) is 3.10. The molecule has 0 heterocycles. The third kappa shape index (κ3) is 3.99. The number of halogens is 1. The molecule has 0 unspecified atom stereocenters. The van der Waals surface area contributed by atoms with Gasteiger partial charge in [0.25, 0.3) is 0 Å². The largest absolute Gasteiger partial charge is 0.380 e. The van der Waals surface area contributed by atoms with Gasteiger partial charge in [-0.1, -0.05) is 6.07 Å². The highest BCUT2D eigenvalue weighted by molar-refractivity contribution is 7.89. The number of ether oxygens (including phenoxy) is 1. The van der Waals surface area contributed by atoms with E-state index in [0.29, 0.717) is 19.1 Å². The first-order valence-corrected chi connectivity index (χ1v) is 7.81. The van der Waals surface area contributed by atoms with E-state index in [1.54, 1.807) is 0 Å². The molecule has 0 aliphatic heterocycles. The van der Waals surface area contributed by atoms with E-state index in [0.717, 1.165) is 0 Å². The molecule has 1 aromatic rings. The van der Waals surface area contributed by atoms with Gasteiger partial charge in [-0.05, 0) is 37.8 Å². The van der Waals surface area contributed by atoms with Gasteiger partial charge in [0, 0.05) is 18.7 Å². The van der Waals surface area contributed by atoms with Crippen LogP contribution in [0.2, 0.25) is 0 Å². The van der Waals surface area contributed by atoms with Crippen molar-refractivity contribution in [3.63, 3.8) is 0 Å². The van der Waals surface area contributed by atoms with Crippen LogP contribution in [-0.4, -0.2) is 28.2 Å². The van der Waals surface area contributed by atoms with E-state index in [1.807, 2.05) is 0 Å². The zero-order chi connectivity index (χ0) is 13.9. The van der Waals surface area contributed by atoms with Gasteiger partial charge in [-0.15, -0.1) is 0 Å². The normalized spacial score (nSPS) is 15.7. The van der Waals surface area contributed by atoms with Crippen molar-refractivity contribution in [1.29, 1.82) is 0 Å². The Kier molecular flexibility index (Phi) is 4.54. The highest BCUT2D eigenvalue weighted by Crippen LogP contribution is 2.28. The molecule has 0 radical (unpaired) electrons. The lowest BCUT2D eigenvalue weighted by atomic mass is 10.2. The highest BCUT2D eigenvalue weighted by atomic mass is 32.2. The minimum Gasteiger partial charge on any atom is -0.380 e. The molecule has 0 amide bonds. The van der Waals surface area contributed by atoms with Gasteiger partial charge >= 0.3 is 0 Å². The zero-order valence-electron chi connectivity index (χ0n) is 10.9. The second-order valence-corrected chi connectivity index (χ2v) is 6.51. The SMILES string of the molecule is Cc1c(F)cccc1S(=O)(=O)NCCOCC1CC1. The van der Waals surface area contributed by atoms with E-state index in [4.69, 9.17) is 4.74 Å². The van der Waals surface area contributed by atoms with Gasteiger partial charge in [0.1, 0.15) is 5.82 Å². The molecule has 1 saturated carbocycles. The Balaban J connectivity index is 1.88. The zero-order valence-corrected chi connectivity index (χ0v) is 11.7. The van der Waals surface area contributed by atoms with Crippen molar-refractivity contribution in [2.24, 2.45) is 5.92 Å². The molecule has 106 valence electrons. The molecule has 0 spiro atoms. The van der Waals surface area contributed by atoms with Gasteiger partial charge in [0.2, 0.25) is 10.0 Å². The Labute approximate surface area is 113 Å². The Morgan fingerprint density at radius 3 is 2.84 bits per heavy atom. The van der Waals surface area contributed by atoms with Crippen LogP contribution in [0, 0.1) is 18.7 Å². The fraction of sp³-hybridized carbons (Fsp3) is 0.538.